The highest BCUT2D eigenvalue weighted by atomic mass is 16.3. The molecule has 1 rings (SSSR count). The van der Waals surface area contributed by atoms with Crippen molar-refractivity contribution in [3.63, 3.8) is 0 Å². The van der Waals surface area contributed by atoms with Gasteiger partial charge in [0.25, 0.3) is 0 Å². The monoisotopic (exact) mass is 243 g/mol. The molecule has 0 aromatic carbocycles. The first-order valence-corrected chi connectivity index (χ1v) is 7.00. The van der Waals surface area contributed by atoms with Crippen molar-refractivity contribution < 1.29 is 5.11 Å². The Morgan fingerprint density at radius 2 is 1.76 bits per heavy atom. The van der Waals surface area contributed by atoms with Crippen molar-refractivity contribution in [2.45, 2.75) is 19.8 Å². The first-order valence-electron chi connectivity index (χ1n) is 7.00. The Morgan fingerprint density at radius 1 is 1.06 bits per heavy atom. The molecule has 1 saturated heterocycles. The standard InChI is InChI=1S/C13H29N3O/c1-3-4-5-15(12-13-17)10-11-16-8-6-14(2)7-9-16/h17H,3-13H2,1-2H3. The Hall–Kier alpha value is -0.160. The lowest BCUT2D eigenvalue weighted by molar-refractivity contribution is 0.126. The molecule has 0 spiro atoms. The summed E-state index contributed by atoms with van der Waals surface area (Å²) >= 11 is 0. The fourth-order valence-corrected chi connectivity index (χ4v) is 2.21. The van der Waals surface area contributed by atoms with Gasteiger partial charge in [-0.15, -0.1) is 0 Å². The van der Waals surface area contributed by atoms with Gasteiger partial charge < -0.3 is 10.0 Å². The summed E-state index contributed by atoms with van der Waals surface area (Å²) in [5, 5.41) is 9.05. The molecule has 0 aromatic heterocycles. The highest BCUT2D eigenvalue weighted by molar-refractivity contribution is 4.70. The smallest absolute Gasteiger partial charge is 0.0558 e. The average Bonchev–Trinajstić information content (AvgIpc) is 2.35. The van der Waals surface area contributed by atoms with Crippen LogP contribution in [0.2, 0.25) is 0 Å². The first kappa shape index (κ1) is 14.9. The van der Waals surface area contributed by atoms with Gasteiger partial charge in [-0.3, -0.25) is 9.80 Å². The van der Waals surface area contributed by atoms with Gasteiger partial charge in [0.15, 0.2) is 0 Å². The van der Waals surface area contributed by atoms with Crippen LogP contribution in [0.15, 0.2) is 0 Å². The summed E-state index contributed by atoms with van der Waals surface area (Å²) in [7, 11) is 2.19. The lowest BCUT2D eigenvalue weighted by atomic mass is 10.3. The van der Waals surface area contributed by atoms with Crippen LogP contribution in [0.25, 0.3) is 0 Å². The first-order chi connectivity index (χ1) is 8.26. The number of aliphatic hydroxyl groups excluding tert-OH is 1. The van der Waals surface area contributed by atoms with Gasteiger partial charge in [0.1, 0.15) is 0 Å². The van der Waals surface area contributed by atoms with Gasteiger partial charge >= 0.3 is 0 Å². The van der Waals surface area contributed by atoms with Gasteiger partial charge in [-0.05, 0) is 20.0 Å². The molecule has 0 bridgehead atoms. The van der Waals surface area contributed by atoms with E-state index in [1.165, 1.54) is 39.0 Å². The van der Waals surface area contributed by atoms with Crippen molar-refractivity contribution in [3.8, 4) is 0 Å². The van der Waals surface area contributed by atoms with E-state index < -0.39 is 0 Å². The topological polar surface area (TPSA) is 30.0 Å². The van der Waals surface area contributed by atoms with Crippen molar-refractivity contribution in [1.29, 1.82) is 0 Å². The van der Waals surface area contributed by atoms with E-state index in [2.05, 4.69) is 28.7 Å². The Bertz CT molecular complexity index is 182. The van der Waals surface area contributed by atoms with Crippen molar-refractivity contribution in [1.82, 2.24) is 14.7 Å². The normalized spacial score (nSPS) is 19.1. The van der Waals surface area contributed by atoms with Crippen LogP contribution < -0.4 is 0 Å². The maximum Gasteiger partial charge on any atom is 0.0558 e. The molecule has 4 heteroatoms. The number of hydrogen-bond acceptors (Lipinski definition) is 4. The molecule has 0 unspecified atom stereocenters. The van der Waals surface area contributed by atoms with E-state index in [0.29, 0.717) is 0 Å². The third-order valence-corrected chi connectivity index (χ3v) is 3.57. The molecule has 0 aromatic rings. The summed E-state index contributed by atoms with van der Waals surface area (Å²) in [5.41, 5.74) is 0. The number of aliphatic hydroxyl groups is 1. The number of nitrogens with zero attached hydrogens (tertiary/aromatic N) is 3. The number of piperazine rings is 1. The summed E-state index contributed by atoms with van der Waals surface area (Å²) in [5.74, 6) is 0. The zero-order chi connectivity index (χ0) is 12.5. The molecule has 102 valence electrons. The maximum atomic E-state index is 9.05. The number of likely N-dealkylation sites (N-methyl/N-ethyl adjacent to an activating group) is 1. The van der Waals surface area contributed by atoms with Crippen molar-refractivity contribution in [2.24, 2.45) is 0 Å². The van der Waals surface area contributed by atoms with E-state index in [9.17, 15) is 0 Å². The minimum atomic E-state index is 0.284. The molecule has 4 nitrogen and oxygen atoms in total. The minimum absolute atomic E-state index is 0.284. The van der Waals surface area contributed by atoms with E-state index in [4.69, 9.17) is 5.11 Å². The summed E-state index contributed by atoms with van der Waals surface area (Å²) in [6.45, 7) is 11.5. The van der Waals surface area contributed by atoms with Crippen LogP contribution in [0.4, 0.5) is 0 Å². The van der Waals surface area contributed by atoms with Crippen LogP contribution in [-0.4, -0.2) is 85.8 Å². The van der Waals surface area contributed by atoms with Crippen LogP contribution in [0, 0.1) is 0 Å². The quantitative estimate of drug-likeness (QED) is 0.665. The van der Waals surface area contributed by atoms with E-state index in [1.807, 2.05) is 0 Å². The van der Waals surface area contributed by atoms with Crippen LogP contribution in [0.5, 0.6) is 0 Å². The van der Waals surface area contributed by atoms with E-state index in [-0.39, 0.29) is 6.61 Å². The minimum Gasteiger partial charge on any atom is -0.395 e. The maximum absolute atomic E-state index is 9.05. The molecule has 1 aliphatic heterocycles. The molecule has 0 radical (unpaired) electrons. The van der Waals surface area contributed by atoms with Gasteiger partial charge in [-0.2, -0.15) is 0 Å². The molecule has 1 N–H and O–H groups in total. The molecule has 0 atom stereocenters. The van der Waals surface area contributed by atoms with Crippen LogP contribution in [0.3, 0.4) is 0 Å². The third-order valence-electron chi connectivity index (χ3n) is 3.57. The van der Waals surface area contributed by atoms with Gasteiger partial charge in [-0.25, -0.2) is 0 Å². The van der Waals surface area contributed by atoms with E-state index >= 15 is 0 Å². The molecule has 0 saturated carbocycles. The fourth-order valence-electron chi connectivity index (χ4n) is 2.21. The number of unbranched alkanes of at least 4 members (excludes halogenated alkanes) is 1. The van der Waals surface area contributed by atoms with E-state index in [1.54, 1.807) is 0 Å². The van der Waals surface area contributed by atoms with Crippen molar-refractivity contribution in [3.05, 3.63) is 0 Å². The average molecular weight is 243 g/mol. The van der Waals surface area contributed by atoms with Crippen LogP contribution in [-0.2, 0) is 0 Å². The Kier molecular flexibility index (Phi) is 7.77. The lowest BCUT2D eigenvalue weighted by Crippen LogP contribution is -2.47. The van der Waals surface area contributed by atoms with Crippen molar-refractivity contribution >= 4 is 0 Å². The van der Waals surface area contributed by atoms with Crippen molar-refractivity contribution in [2.75, 3.05) is 66.0 Å². The second-order valence-electron chi connectivity index (χ2n) is 5.06. The molecule has 0 amide bonds. The summed E-state index contributed by atoms with van der Waals surface area (Å²) in [6.07, 6.45) is 2.47. The Balaban J connectivity index is 2.16. The van der Waals surface area contributed by atoms with Crippen LogP contribution in [0.1, 0.15) is 19.8 Å². The Morgan fingerprint density at radius 3 is 2.35 bits per heavy atom. The predicted octanol–water partition coefficient (Wildman–Crippen LogP) is 0.328. The molecule has 1 heterocycles. The zero-order valence-electron chi connectivity index (χ0n) is 11.6. The lowest BCUT2D eigenvalue weighted by Gasteiger charge is -2.33. The van der Waals surface area contributed by atoms with E-state index in [0.717, 1.165) is 26.2 Å². The van der Waals surface area contributed by atoms with Gasteiger partial charge in [-0.1, -0.05) is 13.3 Å². The molecular weight excluding hydrogens is 214 g/mol. The molecule has 1 aliphatic rings. The SMILES string of the molecule is CCCCN(CCO)CCN1CCN(C)CC1. The van der Waals surface area contributed by atoms with Gasteiger partial charge in [0.2, 0.25) is 0 Å². The van der Waals surface area contributed by atoms with Gasteiger partial charge in [0.05, 0.1) is 6.61 Å². The summed E-state index contributed by atoms with van der Waals surface area (Å²) in [6, 6.07) is 0. The highest BCUT2D eigenvalue weighted by Crippen LogP contribution is 2.00. The number of hydrogen-bond donors (Lipinski definition) is 1. The second-order valence-corrected chi connectivity index (χ2v) is 5.06. The highest BCUT2D eigenvalue weighted by Gasteiger charge is 2.14. The predicted molar refractivity (Wildman–Crippen MR) is 72.4 cm³/mol. The third kappa shape index (κ3) is 6.36. The molecule has 1 fully saturated rings. The summed E-state index contributed by atoms with van der Waals surface area (Å²) in [4.78, 5) is 7.32. The molecular formula is C13H29N3O. The number of rotatable bonds is 8. The zero-order valence-corrected chi connectivity index (χ0v) is 11.6. The molecule has 17 heavy (non-hydrogen) atoms. The summed E-state index contributed by atoms with van der Waals surface area (Å²) < 4.78 is 0. The van der Waals surface area contributed by atoms with Crippen LogP contribution >= 0.6 is 0 Å². The largest absolute Gasteiger partial charge is 0.395 e. The van der Waals surface area contributed by atoms with Gasteiger partial charge in [0, 0.05) is 45.8 Å². The second kappa shape index (κ2) is 8.86. The fraction of sp³-hybridized carbons (Fsp3) is 1.00. The Labute approximate surface area is 106 Å². The molecule has 0 aliphatic carbocycles.